The molecule has 220 valence electrons. The second kappa shape index (κ2) is 14.7. The van der Waals surface area contributed by atoms with E-state index >= 15 is 0 Å². The second-order valence-corrected chi connectivity index (χ2v) is 11.8. The molecular weight excluding hydrogens is 538 g/mol. The Hall–Kier alpha value is -3.85. The molecule has 0 aliphatic carbocycles. The fraction of sp³-hybridized carbons (Fsp3) is 0.375. The molecule has 3 aromatic rings. The van der Waals surface area contributed by atoms with Crippen molar-refractivity contribution >= 4 is 27.5 Å². The highest BCUT2D eigenvalue weighted by Gasteiger charge is 2.34. The zero-order valence-corrected chi connectivity index (χ0v) is 25.4. The summed E-state index contributed by atoms with van der Waals surface area (Å²) in [4.78, 5) is 29.1. The summed E-state index contributed by atoms with van der Waals surface area (Å²) in [5, 5.41) is 3.00. The first-order valence-electron chi connectivity index (χ1n) is 14.1. The molecule has 0 saturated heterocycles. The molecule has 1 N–H and O–H groups in total. The molecule has 0 unspecified atom stereocenters. The average molecular weight is 580 g/mol. The standard InChI is InChI=1S/C32H41N3O5S/c1-6-25(5)33-32(37)30(7-2)34(22-26-15-13-12-14-24(26)4)31(36)23-35(27-18-20-28(21-19-27)40-8-3)41(38,39)29-16-10-9-11-17-29/h9-21,25,30H,6-8,22-23H2,1-5H3,(H,33,37)/t25-,30+/m0/s1. The summed E-state index contributed by atoms with van der Waals surface area (Å²) in [5.41, 5.74) is 2.18. The third-order valence-corrected chi connectivity index (χ3v) is 8.82. The fourth-order valence-electron chi connectivity index (χ4n) is 4.46. The highest BCUT2D eigenvalue weighted by molar-refractivity contribution is 7.92. The van der Waals surface area contributed by atoms with Gasteiger partial charge in [0.1, 0.15) is 18.3 Å². The number of nitrogens with one attached hydrogen (secondary N) is 1. The third-order valence-electron chi connectivity index (χ3n) is 7.03. The summed E-state index contributed by atoms with van der Waals surface area (Å²) in [6.07, 6.45) is 1.11. The Morgan fingerprint density at radius 2 is 1.51 bits per heavy atom. The van der Waals surface area contributed by atoms with Crippen molar-refractivity contribution in [3.63, 3.8) is 0 Å². The SMILES string of the molecule is CCOc1ccc(N(CC(=O)N(Cc2ccccc2C)[C@H](CC)C(=O)N[C@@H](C)CC)S(=O)(=O)c2ccccc2)cc1. The van der Waals surface area contributed by atoms with E-state index in [1.54, 1.807) is 42.5 Å². The lowest BCUT2D eigenvalue weighted by Crippen LogP contribution is -2.53. The van der Waals surface area contributed by atoms with Crippen molar-refractivity contribution < 1.29 is 22.7 Å². The Bertz CT molecular complexity index is 1390. The smallest absolute Gasteiger partial charge is 0.264 e. The van der Waals surface area contributed by atoms with Gasteiger partial charge in [-0.3, -0.25) is 13.9 Å². The molecule has 0 saturated carbocycles. The van der Waals surface area contributed by atoms with Crippen molar-refractivity contribution in [2.45, 2.75) is 71.0 Å². The summed E-state index contributed by atoms with van der Waals surface area (Å²) in [5.74, 6) is -0.149. The molecule has 0 aliphatic rings. The largest absolute Gasteiger partial charge is 0.494 e. The van der Waals surface area contributed by atoms with Gasteiger partial charge in [0.25, 0.3) is 10.0 Å². The van der Waals surface area contributed by atoms with Crippen molar-refractivity contribution in [3.8, 4) is 5.75 Å². The van der Waals surface area contributed by atoms with Crippen LogP contribution in [0.2, 0.25) is 0 Å². The maximum absolute atomic E-state index is 14.2. The van der Waals surface area contributed by atoms with Gasteiger partial charge in [-0.2, -0.15) is 0 Å². The van der Waals surface area contributed by atoms with Gasteiger partial charge in [0.15, 0.2) is 0 Å². The minimum absolute atomic E-state index is 0.0636. The molecule has 0 aromatic heterocycles. The van der Waals surface area contributed by atoms with E-state index < -0.39 is 28.5 Å². The van der Waals surface area contributed by atoms with Gasteiger partial charge in [0.05, 0.1) is 17.2 Å². The molecule has 0 aliphatic heterocycles. The summed E-state index contributed by atoms with van der Waals surface area (Å²) in [6, 6.07) is 21.4. The number of ether oxygens (including phenoxy) is 1. The number of anilines is 1. The Morgan fingerprint density at radius 3 is 2.10 bits per heavy atom. The summed E-state index contributed by atoms with van der Waals surface area (Å²) >= 11 is 0. The van der Waals surface area contributed by atoms with Gasteiger partial charge in [0.2, 0.25) is 11.8 Å². The number of benzene rings is 3. The van der Waals surface area contributed by atoms with Crippen LogP contribution in [0.5, 0.6) is 5.75 Å². The molecule has 3 rings (SSSR count). The summed E-state index contributed by atoms with van der Waals surface area (Å²) in [6.45, 7) is 9.71. The molecule has 0 radical (unpaired) electrons. The molecule has 0 spiro atoms. The first kappa shape index (κ1) is 31.7. The monoisotopic (exact) mass is 579 g/mol. The molecule has 0 heterocycles. The summed E-state index contributed by atoms with van der Waals surface area (Å²) in [7, 11) is -4.12. The van der Waals surface area contributed by atoms with E-state index in [4.69, 9.17) is 4.74 Å². The van der Waals surface area contributed by atoms with E-state index in [0.717, 1.165) is 21.9 Å². The maximum atomic E-state index is 14.2. The second-order valence-electron chi connectivity index (χ2n) is 9.94. The minimum Gasteiger partial charge on any atom is -0.494 e. The Kier molecular flexibility index (Phi) is 11.3. The summed E-state index contributed by atoms with van der Waals surface area (Å²) < 4.78 is 34.5. The molecule has 9 heteroatoms. The predicted octanol–water partition coefficient (Wildman–Crippen LogP) is 5.31. The van der Waals surface area contributed by atoms with Gasteiger partial charge in [-0.1, -0.05) is 56.3 Å². The van der Waals surface area contributed by atoms with Crippen LogP contribution in [0.15, 0.2) is 83.8 Å². The van der Waals surface area contributed by atoms with Crippen molar-refractivity contribution in [3.05, 3.63) is 90.0 Å². The van der Waals surface area contributed by atoms with E-state index in [0.29, 0.717) is 24.5 Å². The Balaban J connectivity index is 2.06. The number of nitrogens with zero attached hydrogens (tertiary/aromatic N) is 2. The van der Waals surface area contributed by atoms with Crippen LogP contribution in [0.25, 0.3) is 0 Å². The van der Waals surface area contributed by atoms with Gasteiger partial charge in [-0.25, -0.2) is 8.42 Å². The van der Waals surface area contributed by atoms with Crippen molar-refractivity contribution in [2.24, 2.45) is 0 Å². The first-order valence-corrected chi connectivity index (χ1v) is 15.5. The van der Waals surface area contributed by atoms with Crippen molar-refractivity contribution in [2.75, 3.05) is 17.5 Å². The fourth-order valence-corrected chi connectivity index (χ4v) is 5.89. The molecule has 41 heavy (non-hydrogen) atoms. The van der Waals surface area contributed by atoms with Gasteiger partial charge < -0.3 is 15.0 Å². The van der Waals surface area contributed by atoms with E-state index in [1.807, 2.05) is 58.9 Å². The van der Waals surface area contributed by atoms with Gasteiger partial charge in [-0.15, -0.1) is 0 Å². The topological polar surface area (TPSA) is 96.0 Å². The zero-order chi connectivity index (χ0) is 30.0. The quantitative estimate of drug-likeness (QED) is 0.279. The number of carbonyl (C=O) groups excluding carboxylic acids is 2. The lowest BCUT2D eigenvalue weighted by molar-refractivity contribution is -0.140. The number of hydrogen-bond donors (Lipinski definition) is 1. The zero-order valence-electron chi connectivity index (χ0n) is 24.5. The molecule has 0 bridgehead atoms. The predicted molar refractivity (Wildman–Crippen MR) is 162 cm³/mol. The highest BCUT2D eigenvalue weighted by atomic mass is 32.2. The van der Waals surface area contributed by atoms with Crippen LogP contribution in [-0.4, -0.2) is 50.4 Å². The van der Waals surface area contributed by atoms with Crippen LogP contribution in [0.4, 0.5) is 5.69 Å². The van der Waals surface area contributed by atoms with Crippen LogP contribution in [0.1, 0.15) is 51.7 Å². The van der Waals surface area contributed by atoms with E-state index in [1.165, 1.54) is 17.0 Å². The van der Waals surface area contributed by atoms with Gasteiger partial charge in [0, 0.05) is 12.6 Å². The van der Waals surface area contributed by atoms with Crippen LogP contribution in [0.3, 0.4) is 0 Å². The minimum atomic E-state index is -4.12. The number of aryl methyl sites for hydroxylation is 1. The average Bonchev–Trinajstić information content (AvgIpc) is 2.97. The van der Waals surface area contributed by atoms with E-state index in [2.05, 4.69) is 5.32 Å². The number of amides is 2. The van der Waals surface area contributed by atoms with Crippen LogP contribution in [0, 0.1) is 6.92 Å². The van der Waals surface area contributed by atoms with Crippen molar-refractivity contribution in [1.82, 2.24) is 10.2 Å². The first-order chi connectivity index (χ1) is 19.6. The molecule has 2 amide bonds. The third kappa shape index (κ3) is 8.10. The van der Waals surface area contributed by atoms with Crippen molar-refractivity contribution in [1.29, 1.82) is 0 Å². The normalized spacial score (nSPS) is 12.7. The molecule has 8 nitrogen and oxygen atoms in total. The number of hydrogen-bond acceptors (Lipinski definition) is 5. The van der Waals surface area contributed by atoms with Gasteiger partial charge >= 0.3 is 0 Å². The highest BCUT2D eigenvalue weighted by Crippen LogP contribution is 2.27. The lowest BCUT2D eigenvalue weighted by atomic mass is 10.1. The Labute approximate surface area is 244 Å². The van der Waals surface area contributed by atoms with E-state index in [-0.39, 0.29) is 23.4 Å². The van der Waals surface area contributed by atoms with Crippen LogP contribution >= 0.6 is 0 Å². The molecular formula is C32H41N3O5S. The Morgan fingerprint density at radius 1 is 0.878 bits per heavy atom. The lowest BCUT2D eigenvalue weighted by Gasteiger charge is -2.34. The molecule has 3 aromatic carbocycles. The molecule has 0 fully saturated rings. The van der Waals surface area contributed by atoms with E-state index in [9.17, 15) is 18.0 Å². The maximum Gasteiger partial charge on any atom is 0.264 e. The number of carbonyl (C=O) groups is 2. The van der Waals surface area contributed by atoms with Gasteiger partial charge in [-0.05, 0) is 81.1 Å². The molecule has 2 atom stereocenters. The van der Waals surface area contributed by atoms with Crippen LogP contribution < -0.4 is 14.4 Å². The number of sulfonamides is 1. The number of rotatable bonds is 14. The van der Waals surface area contributed by atoms with Crippen LogP contribution in [-0.2, 0) is 26.2 Å².